The molecule has 0 radical (unpaired) electrons. The van der Waals surface area contributed by atoms with Crippen molar-refractivity contribution >= 4 is 5.78 Å². The van der Waals surface area contributed by atoms with Crippen LogP contribution in [0.15, 0.2) is 24.4 Å². The van der Waals surface area contributed by atoms with E-state index >= 15 is 0 Å². The summed E-state index contributed by atoms with van der Waals surface area (Å²) in [4.78, 5) is 16.6. The van der Waals surface area contributed by atoms with Gasteiger partial charge >= 0.3 is 0 Å². The highest BCUT2D eigenvalue weighted by atomic mass is 16.3. The van der Waals surface area contributed by atoms with E-state index in [0.29, 0.717) is 5.56 Å². The minimum Gasteiger partial charge on any atom is -0.507 e. The minimum absolute atomic E-state index is 0.0867. The Labute approximate surface area is 120 Å². The van der Waals surface area contributed by atoms with Crippen molar-refractivity contribution in [3.8, 4) is 5.75 Å². The molecule has 0 unspecified atom stereocenters. The van der Waals surface area contributed by atoms with Crippen LogP contribution in [0.4, 0.5) is 0 Å². The van der Waals surface area contributed by atoms with Crippen molar-refractivity contribution in [2.75, 3.05) is 33.2 Å². The highest BCUT2D eigenvalue weighted by molar-refractivity contribution is 6.06. The Morgan fingerprint density at radius 3 is 2.50 bits per heavy atom. The van der Waals surface area contributed by atoms with E-state index < -0.39 is 0 Å². The zero-order chi connectivity index (χ0) is 14.7. The molecule has 1 fully saturated rings. The second-order valence-corrected chi connectivity index (χ2v) is 5.50. The van der Waals surface area contributed by atoms with Crippen molar-refractivity contribution in [3.05, 3.63) is 41.1 Å². The van der Waals surface area contributed by atoms with E-state index in [-0.39, 0.29) is 11.5 Å². The van der Waals surface area contributed by atoms with Crippen molar-refractivity contribution in [2.45, 2.75) is 13.8 Å². The number of aromatic hydroxyl groups is 1. The number of phenols is 1. The molecule has 20 heavy (non-hydrogen) atoms. The maximum atomic E-state index is 12.2. The van der Waals surface area contributed by atoms with Crippen LogP contribution in [0.3, 0.4) is 0 Å². The third kappa shape index (κ3) is 3.39. The van der Waals surface area contributed by atoms with E-state index in [9.17, 15) is 9.90 Å². The van der Waals surface area contributed by atoms with E-state index in [1.54, 1.807) is 12.1 Å². The molecule has 1 saturated heterocycles. The maximum Gasteiger partial charge on any atom is 0.191 e. The smallest absolute Gasteiger partial charge is 0.191 e. The summed E-state index contributed by atoms with van der Waals surface area (Å²) in [5, 5.41) is 9.99. The summed E-state index contributed by atoms with van der Waals surface area (Å²) in [6, 6.07) is 3.61. The maximum absolute atomic E-state index is 12.2. The molecule has 0 amide bonds. The van der Waals surface area contributed by atoms with Gasteiger partial charge in [-0.25, -0.2) is 0 Å². The standard InChI is InChI=1S/C16H22N2O2/c1-12-10-13(2)16(20)14(11-12)15(19)4-5-18-8-6-17(3)7-9-18/h4-5,10-11,20H,6-9H2,1-3H3/b5-4+. The van der Waals surface area contributed by atoms with Crippen LogP contribution in [0.25, 0.3) is 0 Å². The molecule has 1 N–H and O–H groups in total. The highest BCUT2D eigenvalue weighted by Gasteiger charge is 2.13. The van der Waals surface area contributed by atoms with Gasteiger partial charge in [0.05, 0.1) is 5.56 Å². The number of ketones is 1. The molecule has 0 atom stereocenters. The predicted octanol–water partition coefficient (Wildman–Crippen LogP) is 1.95. The molecule has 1 aliphatic heterocycles. The van der Waals surface area contributed by atoms with Crippen LogP contribution < -0.4 is 0 Å². The van der Waals surface area contributed by atoms with Gasteiger partial charge in [0.2, 0.25) is 0 Å². The summed E-state index contributed by atoms with van der Waals surface area (Å²) >= 11 is 0. The molecule has 1 aromatic rings. The number of rotatable bonds is 3. The van der Waals surface area contributed by atoms with E-state index in [1.165, 1.54) is 0 Å². The Morgan fingerprint density at radius 2 is 1.85 bits per heavy atom. The number of carbonyl (C=O) groups excluding carboxylic acids is 1. The van der Waals surface area contributed by atoms with Crippen LogP contribution in [-0.2, 0) is 0 Å². The third-order valence-corrected chi connectivity index (χ3v) is 3.68. The van der Waals surface area contributed by atoms with Crippen molar-refractivity contribution < 1.29 is 9.90 Å². The van der Waals surface area contributed by atoms with Crippen LogP contribution in [0.1, 0.15) is 21.5 Å². The first-order valence-electron chi connectivity index (χ1n) is 6.92. The molecule has 0 spiro atoms. The topological polar surface area (TPSA) is 43.8 Å². The minimum atomic E-state index is -0.145. The molecule has 1 aromatic carbocycles. The first-order valence-corrected chi connectivity index (χ1v) is 6.92. The fraction of sp³-hybridized carbons (Fsp3) is 0.438. The van der Waals surface area contributed by atoms with Crippen molar-refractivity contribution in [2.24, 2.45) is 0 Å². The molecule has 0 aliphatic carbocycles. The van der Waals surface area contributed by atoms with Gasteiger partial charge < -0.3 is 14.9 Å². The SMILES string of the molecule is Cc1cc(C)c(O)c(C(=O)/C=C/N2CCN(C)CC2)c1. The van der Waals surface area contributed by atoms with Gasteiger partial charge in [-0.05, 0) is 38.1 Å². The van der Waals surface area contributed by atoms with Crippen LogP contribution >= 0.6 is 0 Å². The summed E-state index contributed by atoms with van der Waals surface area (Å²) in [5.74, 6) is -0.0585. The Bertz CT molecular complexity index is 530. The zero-order valence-electron chi connectivity index (χ0n) is 12.4. The van der Waals surface area contributed by atoms with Crippen molar-refractivity contribution in [1.29, 1.82) is 0 Å². The number of piperazine rings is 1. The molecule has 0 aromatic heterocycles. The lowest BCUT2D eigenvalue weighted by atomic mass is 10.0. The van der Waals surface area contributed by atoms with Crippen molar-refractivity contribution in [3.63, 3.8) is 0 Å². The van der Waals surface area contributed by atoms with Gasteiger partial charge in [-0.15, -0.1) is 0 Å². The Balaban J connectivity index is 2.08. The van der Waals surface area contributed by atoms with E-state index in [2.05, 4.69) is 16.8 Å². The number of carbonyl (C=O) groups is 1. The summed E-state index contributed by atoms with van der Waals surface area (Å²) in [5.41, 5.74) is 2.10. The number of nitrogens with zero attached hydrogens (tertiary/aromatic N) is 2. The molecular formula is C16H22N2O2. The van der Waals surface area contributed by atoms with Gasteiger partial charge in [0.25, 0.3) is 0 Å². The number of hydrogen-bond acceptors (Lipinski definition) is 4. The Kier molecular flexibility index (Phi) is 4.45. The lowest BCUT2D eigenvalue weighted by Crippen LogP contribution is -2.41. The molecule has 4 heteroatoms. The summed E-state index contributed by atoms with van der Waals surface area (Å²) in [6.07, 6.45) is 3.39. The Morgan fingerprint density at radius 1 is 1.20 bits per heavy atom. The predicted molar refractivity (Wildman–Crippen MR) is 80.1 cm³/mol. The van der Waals surface area contributed by atoms with Gasteiger partial charge in [0.1, 0.15) is 5.75 Å². The number of likely N-dealkylation sites (N-methyl/N-ethyl adjacent to an activating group) is 1. The molecule has 0 bridgehead atoms. The fourth-order valence-electron chi connectivity index (χ4n) is 2.38. The number of hydrogen-bond donors (Lipinski definition) is 1. The summed E-state index contributed by atoms with van der Waals surface area (Å²) in [6.45, 7) is 7.61. The van der Waals surface area contributed by atoms with E-state index in [4.69, 9.17) is 0 Å². The average molecular weight is 274 g/mol. The molecule has 4 nitrogen and oxygen atoms in total. The Hall–Kier alpha value is -1.81. The first kappa shape index (κ1) is 14.6. The van der Waals surface area contributed by atoms with Crippen LogP contribution in [0.5, 0.6) is 5.75 Å². The lowest BCUT2D eigenvalue weighted by molar-refractivity contribution is 0.104. The molecule has 108 valence electrons. The van der Waals surface area contributed by atoms with Crippen LogP contribution in [-0.4, -0.2) is 53.9 Å². The van der Waals surface area contributed by atoms with Gasteiger partial charge in [-0.2, -0.15) is 0 Å². The summed E-state index contributed by atoms with van der Waals surface area (Å²) in [7, 11) is 2.10. The quantitative estimate of drug-likeness (QED) is 0.676. The molecular weight excluding hydrogens is 252 g/mol. The molecule has 1 aliphatic rings. The summed E-state index contributed by atoms with van der Waals surface area (Å²) < 4.78 is 0. The van der Waals surface area contributed by atoms with Gasteiger partial charge in [-0.1, -0.05) is 6.07 Å². The second kappa shape index (κ2) is 6.09. The van der Waals surface area contributed by atoms with E-state index in [1.807, 2.05) is 26.1 Å². The largest absolute Gasteiger partial charge is 0.507 e. The van der Waals surface area contributed by atoms with Crippen LogP contribution in [0, 0.1) is 13.8 Å². The number of aryl methyl sites for hydroxylation is 2. The molecule has 2 rings (SSSR count). The monoisotopic (exact) mass is 274 g/mol. The van der Waals surface area contributed by atoms with Crippen LogP contribution in [0.2, 0.25) is 0 Å². The normalized spacial score (nSPS) is 16.9. The van der Waals surface area contributed by atoms with Gasteiger partial charge in [0, 0.05) is 38.5 Å². The number of phenolic OH excluding ortho intramolecular Hbond substituents is 1. The third-order valence-electron chi connectivity index (χ3n) is 3.68. The highest BCUT2D eigenvalue weighted by Crippen LogP contribution is 2.24. The average Bonchev–Trinajstić information content (AvgIpc) is 2.42. The molecule has 0 saturated carbocycles. The number of benzene rings is 1. The molecule has 1 heterocycles. The fourth-order valence-corrected chi connectivity index (χ4v) is 2.38. The van der Waals surface area contributed by atoms with Gasteiger partial charge in [0.15, 0.2) is 5.78 Å². The van der Waals surface area contributed by atoms with Crippen molar-refractivity contribution in [1.82, 2.24) is 9.80 Å². The lowest BCUT2D eigenvalue weighted by Gasteiger charge is -2.31. The first-order chi connectivity index (χ1) is 9.47. The zero-order valence-corrected chi connectivity index (χ0v) is 12.4. The van der Waals surface area contributed by atoms with E-state index in [0.717, 1.165) is 37.3 Å². The second-order valence-electron chi connectivity index (χ2n) is 5.50. The van der Waals surface area contributed by atoms with Gasteiger partial charge in [-0.3, -0.25) is 4.79 Å². The number of allylic oxidation sites excluding steroid dienone is 1.